The number of aliphatic carboxylic acids is 1. The van der Waals surface area contributed by atoms with Gasteiger partial charge in [0.05, 0.1) is 16.2 Å². The van der Waals surface area contributed by atoms with E-state index in [1.165, 1.54) is 23.5 Å². The highest BCUT2D eigenvalue weighted by atomic mass is 32.1. The van der Waals surface area contributed by atoms with Gasteiger partial charge < -0.3 is 5.11 Å². The Kier molecular flexibility index (Phi) is 4.57. The van der Waals surface area contributed by atoms with Crippen LogP contribution in [0.15, 0.2) is 35.7 Å². The van der Waals surface area contributed by atoms with Gasteiger partial charge in [-0.15, -0.1) is 11.3 Å². The first-order valence-electron chi connectivity index (χ1n) is 5.84. The van der Waals surface area contributed by atoms with Gasteiger partial charge in [-0.3, -0.25) is 10.1 Å². The second-order valence-corrected chi connectivity index (χ2v) is 4.82. The van der Waals surface area contributed by atoms with Crippen molar-refractivity contribution in [2.24, 2.45) is 0 Å². The van der Waals surface area contributed by atoms with E-state index in [1.807, 2.05) is 0 Å². The van der Waals surface area contributed by atoms with Gasteiger partial charge in [0.15, 0.2) is 0 Å². The average molecular weight is 302 g/mol. The van der Waals surface area contributed by atoms with Crippen LogP contribution in [0.3, 0.4) is 0 Å². The van der Waals surface area contributed by atoms with Crippen molar-refractivity contribution in [1.82, 2.24) is 4.98 Å². The Labute approximate surface area is 123 Å². The number of carboxylic acid groups (broad SMARTS) is 1. The summed E-state index contributed by atoms with van der Waals surface area (Å²) in [5.41, 5.74) is 1.04. The molecule has 0 bridgehead atoms. The van der Waals surface area contributed by atoms with Crippen LogP contribution in [0.1, 0.15) is 16.3 Å². The predicted molar refractivity (Wildman–Crippen MR) is 80.8 cm³/mol. The molecule has 1 aromatic carbocycles. The van der Waals surface area contributed by atoms with Crippen LogP contribution >= 0.6 is 11.3 Å². The van der Waals surface area contributed by atoms with E-state index < -0.39 is 10.9 Å². The first kappa shape index (κ1) is 14.6. The van der Waals surface area contributed by atoms with Gasteiger partial charge in [-0.25, -0.2) is 9.78 Å². The number of nitrogens with zero attached hydrogens (tertiary/aromatic N) is 2. The number of carbonyl (C=O) groups is 1. The van der Waals surface area contributed by atoms with Crippen molar-refractivity contribution in [3.05, 3.63) is 62.1 Å². The Bertz CT molecular complexity index is 734. The Morgan fingerprint density at radius 1 is 1.29 bits per heavy atom. The van der Waals surface area contributed by atoms with Crippen molar-refractivity contribution < 1.29 is 14.8 Å². The second-order valence-electron chi connectivity index (χ2n) is 3.93. The SMILES string of the molecule is O=C(O)/C=C/c1csc(/C=C/c2ccccc2[N+](=O)[O-])n1. The molecule has 0 atom stereocenters. The van der Waals surface area contributed by atoms with Gasteiger partial charge >= 0.3 is 5.97 Å². The molecule has 1 aromatic heterocycles. The summed E-state index contributed by atoms with van der Waals surface area (Å²) in [5.74, 6) is -1.04. The molecular formula is C14H10N2O4S. The molecule has 0 aliphatic carbocycles. The van der Waals surface area contributed by atoms with Crippen LogP contribution in [0.25, 0.3) is 18.2 Å². The summed E-state index contributed by atoms with van der Waals surface area (Å²) in [5, 5.41) is 21.8. The minimum absolute atomic E-state index is 0.0244. The Hall–Kier alpha value is -2.80. The lowest BCUT2D eigenvalue weighted by Crippen LogP contribution is -1.90. The van der Waals surface area contributed by atoms with Crippen molar-refractivity contribution in [2.75, 3.05) is 0 Å². The fourth-order valence-electron chi connectivity index (χ4n) is 1.57. The molecule has 7 heteroatoms. The highest BCUT2D eigenvalue weighted by molar-refractivity contribution is 7.10. The lowest BCUT2D eigenvalue weighted by atomic mass is 10.1. The van der Waals surface area contributed by atoms with E-state index in [0.29, 0.717) is 16.3 Å². The van der Waals surface area contributed by atoms with Crippen molar-refractivity contribution in [3.8, 4) is 0 Å². The monoisotopic (exact) mass is 302 g/mol. The number of rotatable bonds is 5. The number of nitro groups is 1. The third-order valence-electron chi connectivity index (χ3n) is 2.48. The van der Waals surface area contributed by atoms with E-state index in [4.69, 9.17) is 5.11 Å². The van der Waals surface area contributed by atoms with E-state index in [-0.39, 0.29) is 5.69 Å². The molecule has 0 amide bonds. The van der Waals surface area contributed by atoms with Crippen LogP contribution in [0, 0.1) is 10.1 Å². The molecule has 0 unspecified atom stereocenters. The molecule has 2 rings (SSSR count). The summed E-state index contributed by atoms with van der Waals surface area (Å²) < 4.78 is 0. The van der Waals surface area contributed by atoms with Gasteiger partial charge in [-0.2, -0.15) is 0 Å². The van der Waals surface area contributed by atoms with Gasteiger partial charge in [0.1, 0.15) is 5.01 Å². The number of thiazole rings is 1. The Morgan fingerprint density at radius 2 is 2.05 bits per heavy atom. The smallest absolute Gasteiger partial charge is 0.328 e. The van der Waals surface area contributed by atoms with E-state index in [0.717, 1.165) is 6.08 Å². The Balaban J connectivity index is 2.19. The van der Waals surface area contributed by atoms with Crippen LogP contribution in [0.2, 0.25) is 0 Å². The quantitative estimate of drug-likeness (QED) is 0.519. The van der Waals surface area contributed by atoms with Crippen molar-refractivity contribution in [1.29, 1.82) is 0 Å². The number of aromatic nitrogens is 1. The molecule has 0 aliphatic heterocycles. The topological polar surface area (TPSA) is 93.3 Å². The average Bonchev–Trinajstić information content (AvgIpc) is 2.91. The summed E-state index contributed by atoms with van der Waals surface area (Å²) in [6, 6.07) is 6.40. The minimum Gasteiger partial charge on any atom is -0.478 e. The predicted octanol–water partition coefficient (Wildman–Crippen LogP) is 3.32. The molecule has 2 aromatic rings. The second kappa shape index (κ2) is 6.58. The maximum Gasteiger partial charge on any atom is 0.328 e. The first-order valence-corrected chi connectivity index (χ1v) is 6.72. The zero-order valence-electron chi connectivity index (χ0n) is 10.7. The molecule has 0 fully saturated rings. The minimum atomic E-state index is -1.04. The number of carboxylic acids is 1. The number of para-hydroxylation sites is 1. The lowest BCUT2D eigenvalue weighted by Gasteiger charge is -1.95. The van der Waals surface area contributed by atoms with Crippen LogP contribution in [0.5, 0.6) is 0 Å². The van der Waals surface area contributed by atoms with Crippen LogP contribution in [-0.2, 0) is 4.79 Å². The van der Waals surface area contributed by atoms with E-state index >= 15 is 0 Å². The van der Waals surface area contributed by atoms with Crippen LogP contribution in [-0.4, -0.2) is 21.0 Å². The van der Waals surface area contributed by atoms with Crippen molar-refractivity contribution in [3.63, 3.8) is 0 Å². The number of nitro benzene ring substituents is 1. The molecule has 1 heterocycles. The standard InChI is InChI=1S/C14H10N2O4S/c17-14(18)8-6-11-9-21-13(15-11)7-5-10-3-1-2-4-12(10)16(19)20/h1-9H,(H,17,18)/b7-5+,8-6+. The maximum absolute atomic E-state index is 10.9. The molecule has 0 radical (unpaired) electrons. The van der Waals surface area contributed by atoms with E-state index in [2.05, 4.69) is 4.98 Å². The molecule has 106 valence electrons. The van der Waals surface area contributed by atoms with Gasteiger partial charge in [0, 0.05) is 17.5 Å². The fourth-order valence-corrected chi connectivity index (χ4v) is 2.24. The van der Waals surface area contributed by atoms with E-state index in [9.17, 15) is 14.9 Å². The van der Waals surface area contributed by atoms with Crippen LogP contribution < -0.4 is 0 Å². The van der Waals surface area contributed by atoms with Crippen molar-refractivity contribution in [2.45, 2.75) is 0 Å². The normalized spacial score (nSPS) is 11.2. The maximum atomic E-state index is 10.9. The third kappa shape index (κ3) is 4.08. The van der Waals surface area contributed by atoms with Gasteiger partial charge in [-0.1, -0.05) is 12.1 Å². The molecule has 0 aliphatic rings. The highest BCUT2D eigenvalue weighted by Gasteiger charge is 2.09. The van der Waals surface area contributed by atoms with Crippen LogP contribution in [0.4, 0.5) is 5.69 Å². The van der Waals surface area contributed by atoms with Crippen molar-refractivity contribution >= 4 is 41.2 Å². The molecule has 1 N–H and O–H groups in total. The Morgan fingerprint density at radius 3 is 2.76 bits per heavy atom. The van der Waals surface area contributed by atoms with Gasteiger partial charge in [0.2, 0.25) is 0 Å². The summed E-state index contributed by atoms with van der Waals surface area (Å²) in [6.07, 6.45) is 5.67. The summed E-state index contributed by atoms with van der Waals surface area (Å²) >= 11 is 1.32. The molecule has 0 saturated heterocycles. The summed E-state index contributed by atoms with van der Waals surface area (Å²) in [6.45, 7) is 0. The molecule has 0 spiro atoms. The summed E-state index contributed by atoms with van der Waals surface area (Å²) in [7, 11) is 0. The number of hydrogen-bond donors (Lipinski definition) is 1. The number of hydrogen-bond acceptors (Lipinski definition) is 5. The summed E-state index contributed by atoms with van der Waals surface area (Å²) in [4.78, 5) is 25.0. The zero-order valence-corrected chi connectivity index (χ0v) is 11.5. The van der Waals surface area contributed by atoms with Gasteiger partial charge in [-0.05, 0) is 24.3 Å². The van der Waals surface area contributed by atoms with Gasteiger partial charge in [0.25, 0.3) is 5.69 Å². The molecular weight excluding hydrogens is 292 g/mol. The zero-order chi connectivity index (χ0) is 15.2. The fraction of sp³-hybridized carbons (Fsp3) is 0. The molecule has 21 heavy (non-hydrogen) atoms. The molecule has 0 saturated carbocycles. The number of benzene rings is 1. The highest BCUT2D eigenvalue weighted by Crippen LogP contribution is 2.21. The first-order chi connectivity index (χ1) is 10.1. The lowest BCUT2D eigenvalue weighted by molar-refractivity contribution is -0.385. The third-order valence-corrected chi connectivity index (χ3v) is 3.30. The van der Waals surface area contributed by atoms with E-state index in [1.54, 1.807) is 35.7 Å². The largest absolute Gasteiger partial charge is 0.478 e. The molecule has 6 nitrogen and oxygen atoms in total.